The average Bonchev–Trinajstić information content (AvgIpc) is 2.60. The van der Waals surface area contributed by atoms with Gasteiger partial charge in [-0.05, 0) is 24.1 Å². The van der Waals surface area contributed by atoms with Crippen molar-refractivity contribution in [3.05, 3.63) is 23.8 Å². The van der Waals surface area contributed by atoms with Gasteiger partial charge in [-0.3, -0.25) is 14.9 Å². The highest BCUT2D eigenvalue weighted by Gasteiger charge is 2.15. The lowest BCUT2D eigenvalue weighted by Gasteiger charge is -2.18. The van der Waals surface area contributed by atoms with Crippen LogP contribution in [0.2, 0.25) is 0 Å². The predicted octanol–water partition coefficient (Wildman–Crippen LogP) is 1.17. The maximum absolute atomic E-state index is 11.8. The van der Waals surface area contributed by atoms with Crippen molar-refractivity contribution in [1.29, 1.82) is 0 Å². The van der Waals surface area contributed by atoms with Crippen molar-refractivity contribution in [2.75, 3.05) is 26.4 Å². The molecule has 0 saturated carbocycles. The third kappa shape index (κ3) is 6.33. The summed E-state index contributed by atoms with van der Waals surface area (Å²) < 4.78 is 15.7. The highest BCUT2D eigenvalue weighted by atomic mass is 16.6. The molecular weight excluding hydrogens is 328 g/mol. The largest absolute Gasteiger partial charge is 0.486 e. The molecule has 2 N–H and O–H groups in total. The summed E-state index contributed by atoms with van der Waals surface area (Å²) >= 11 is 0. The van der Waals surface area contributed by atoms with Crippen molar-refractivity contribution in [2.24, 2.45) is 0 Å². The first-order chi connectivity index (χ1) is 12.1. The first-order valence-corrected chi connectivity index (χ1v) is 8.20. The standard InChI is InChI=1S/C17H22N2O6/c1-2-3-6-18-17(22)19-15(20)11-25-16(21)10-12-4-5-13-14(9-12)24-8-7-23-13/h4-5,9H,2-3,6-8,10-11H2,1H3,(H2,18,19,20,22). The van der Waals surface area contributed by atoms with Gasteiger partial charge in [-0.25, -0.2) is 4.79 Å². The molecule has 2 rings (SSSR count). The molecule has 0 aliphatic carbocycles. The lowest BCUT2D eigenvalue weighted by Crippen LogP contribution is -2.41. The molecule has 0 spiro atoms. The number of urea groups is 1. The van der Waals surface area contributed by atoms with Crippen LogP contribution in [0.1, 0.15) is 25.3 Å². The number of benzene rings is 1. The fourth-order valence-corrected chi connectivity index (χ4v) is 2.15. The molecule has 1 aliphatic heterocycles. The third-order valence-corrected chi connectivity index (χ3v) is 3.39. The minimum Gasteiger partial charge on any atom is -0.486 e. The Hall–Kier alpha value is -2.77. The number of hydrogen-bond acceptors (Lipinski definition) is 6. The van der Waals surface area contributed by atoms with Gasteiger partial charge < -0.3 is 19.5 Å². The van der Waals surface area contributed by atoms with Crippen LogP contribution in [0.15, 0.2) is 18.2 Å². The van der Waals surface area contributed by atoms with Gasteiger partial charge in [-0.2, -0.15) is 0 Å². The molecule has 0 fully saturated rings. The molecule has 3 amide bonds. The molecule has 0 saturated heterocycles. The first kappa shape index (κ1) is 18.6. The zero-order valence-electron chi connectivity index (χ0n) is 14.1. The fourth-order valence-electron chi connectivity index (χ4n) is 2.15. The van der Waals surface area contributed by atoms with Crippen molar-refractivity contribution >= 4 is 17.9 Å². The molecule has 1 aromatic rings. The van der Waals surface area contributed by atoms with Gasteiger partial charge in [-0.15, -0.1) is 0 Å². The second-order valence-electron chi connectivity index (χ2n) is 5.47. The van der Waals surface area contributed by atoms with Gasteiger partial charge in [0.05, 0.1) is 6.42 Å². The number of ether oxygens (including phenoxy) is 3. The van der Waals surface area contributed by atoms with E-state index in [1.54, 1.807) is 18.2 Å². The summed E-state index contributed by atoms with van der Waals surface area (Å²) in [4.78, 5) is 34.7. The van der Waals surface area contributed by atoms with Crippen LogP contribution in [0.4, 0.5) is 4.79 Å². The van der Waals surface area contributed by atoms with Crippen molar-refractivity contribution in [3.8, 4) is 11.5 Å². The SMILES string of the molecule is CCCCNC(=O)NC(=O)COC(=O)Cc1ccc2c(c1)OCCO2. The average molecular weight is 350 g/mol. The smallest absolute Gasteiger partial charge is 0.321 e. The highest BCUT2D eigenvalue weighted by molar-refractivity contribution is 5.95. The Morgan fingerprint density at radius 2 is 1.92 bits per heavy atom. The Labute approximate surface area is 145 Å². The second-order valence-corrected chi connectivity index (χ2v) is 5.47. The lowest BCUT2D eigenvalue weighted by atomic mass is 10.1. The van der Waals surface area contributed by atoms with Crippen LogP contribution in [0.3, 0.4) is 0 Å². The van der Waals surface area contributed by atoms with Crippen LogP contribution in [0.5, 0.6) is 11.5 Å². The highest BCUT2D eigenvalue weighted by Crippen LogP contribution is 2.30. The molecule has 0 unspecified atom stereocenters. The summed E-state index contributed by atoms with van der Waals surface area (Å²) in [5.41, 5.74) is 0.687. The third-order valence-electron chi connectivity index (χ3n) is 3.39. The van der Waals surface area contributed by atoms with Gasteiger partial charge in [0.25, 0.3) is 5.91 Å². The van der Waals surface area contributed by atoms with E-state index in [1.165, 1.54) is 0 Å². The Morgan fingerprint density at radius 3 is 2.68 bits per heavy atom. The fraction of sp³-hybridized carbons (Fsp3) is 0.471. The van der Waals surface area contributed by atoms with Crippen LogP contribution >= 0.6 is 0 Å². The van der Waals surface area contributed by atoms with Crippen molar-refractivity contribution in [3.63, 3.8) is 0 Å². The van der Waals surface area contributed by atoms with Gasteiger partial charge in [0.15, 0.2) is 18.1 Å². The molecule has 8 nitrogen and oxygen atoms in total. The zero-order chi connectivity index (χ0) is 18.1. The van der Waals surface area contributed by atoms with Crippen LogP contribution in [-0.2, 0) is 20.7 Å². The number of esters is 1. The van der Waals surface area contributed by atoms with E-state index < -0.39 is 24.5 Å². The number of unbranched alkanes of at least 4 members (excludes halogenated alkanes) is 1. The first-order valence-electron chi connectivity index (χ1n) is 8.20. The number of fused-ring (bicyclic) bond motifs is 1. The van der Waals surface area contributed by atoms with Crippen molar-refractivity contribution in [2.45, 2.75) is 26.2 Å². The van der Waals surface area contributed by atoms with E-state index >= 15 is 0 Å². The maximum Gasteiger partial charge on any atom is 0.321 e. The Kier molecular flexibility index (Phi) is 7.06. The van der Waals surface area contributed by atoms with E-state index in [4.69, 9.17) is 14.2 Å². The monoisotopic (exact) mass is 350 g/mol. The number of imide groups is 1. The van der Waals surface area contributed by atoms with Gasteiger partial charge in [0.1, 0.15) is 13.2 Å². The Morgan fingerprint density at radius 1 is 1.16 bits per heavy atom. The van der Waals surface area contributed by atoms with Gasteiger partial charge in [0, 0.05) is 6.54 Å². The molecule has 0 bridgehead atoms. The van der Waals surface area contributed by atoms with Crippen LogP contribution in [0, 0.1) is 0 Å². The number of amides is 3. The molecule has 8 heteroatoms. The van der Waals surface area contributed by atoms with Gasteiger partial charge in [0.2, 0.25) is 0 Å². The van der Waals surface area contributed by atoms with E-state index in [9.17, 15) is 14.4 Å². The minimum atomic E-state index is -0.676. The van der Waals surface area contributed by atoms with Gasteiger partial charge >= 0.3 is 12.0 Å². The van der Waals surface area contributed by atoms with Gasteiger partial charge in [-0.1, -0.05) is 19.4 Å². The number of nitrogens with one attached hydrogen (secondary N) is 2. The molecule has 0 aromatic heterocycles. The van der Waals surface area contributed by atoms with E-state index in [2.05, 4.69) is 10.6 Å². The van der Waals surface area contributed by atoms with E-state index in [0.717, 1.165) is 12.8 Å². The van der Waals surface area contributed by atoms with Crippen molar-refractivity contribution in [1.82, 2.24) is 10.6 Å². The molecule has 0 atom stereocenters. The number of rotatable bonds is 7. The normalized spacial score (nSPS) is 12.2. The van der Waals surface area contributed by atoms with E-state index in [-0.39, 0.29) is 6.42 Å². The summed E-state index contributed by atoms with van der Waals surface area (Å²) in [6.07, 6.45) is 1.75. The Balaban J connectivity index is 1.71. The summed E-state index contributed by atoms with van der Waals surface area (Å²) in [5, 5.41) is 4.63. The van der Waals surface area contributed by atoms with Crippen LogP contribution in [-0.4, -0.2) is 44.3 Å². The number of carbonyl (C=O) groups is 3. The van der Waals surface area contributed by atoms with Crippen LogP contribution in [0.25, 0.3) is 0 Å². The van der Waals surface area contributed by atoms with E-state index in [0.29, 0.717) is 36.8 Å². The zero-order valence-corrected chi connectivity index (χ0v) is 14.1. The summed E-state index contributed by atoms with van der Waals surface area (Å²) in [6.45, 7) is 2.92. The topological polar surface area (TPSA) is 103 Å². The van der Waals surface area contributed by atoms with Crippen LogP contribution < -0.4 is 20.1 Å². The van der Waals surface area contributed by atoms with Crippen molar-refractivity contribution < 1.29 is 28.6 Å². The second kappa shape index (κ2) is 9.51. The minimum absolute atomic E-state index is 0.00732. The molecule has 1 heterocycles. The number of hydrogen-bond donors (Lipinski definition) is 2. The van der Waals surface area contributed by atoms with E-state index in [1.807, 2.05) is 6.92 Å². The Bertz CT molecular complexity index is 632. The molecular formula is C17H22N2O6. The lowest BCUT2D eigenvalue weighted by molar-refractivity contribution is -0.147. The molecule has 136 valence electrons. The maximum atomic E-state index is 11.8. The summed E-state index contributed by atoms with van der Waals surface area (Å²) in [6, 6.07) is 4.57. The summed E-state index contributed by atoms with van der Waals surface area (Å²) in [5.74, 6) is -0.0300. The predicted molar refractivity (Wildman–Crippen MR) is 88.5 cm³/mol. The molecule has 25 heavy (non-hydrogen) atoms. The number of carbonyl (C=O) groups excluding carboxylic acids is 3. The molecule has 0 radical (unpaired) electrons. The molecule has 1 aromatic carbocycles. The molecule has 1 aliphatic rings. The summed E-state index contributed by atoms with van der Waals surface area (Å²) in [7, 11) is 0. The quantitative estimate of drug-likeness (QED) is 0.565.